The van der Waals surface area contributed by atoms with E-state index in [1.54, 1.807) is 6.07 Å². The minimum Gasteiger partial charge on any atom is -0.381 e. The molecule has 0 atom stereocenters. The Hall–Kier alpha value is -1.89. The van der Waals surface area contributed by atoms with E-state index in [4.69, 9.17) is 32.9 Å². The van der Waals surface area contributed by atoms with Gasteiger partial charge in [0.05, 0.1) is 15.7 Å². The molecule has 2 N–H and O–H groups in total. The lowest BCUT2D eigenvalue weighted by molar-refractivity contribution is -0.117. The van der Waals surface area contributed by atoms with Gasteiger partial charge in [-0.3, -0.25) is 4.79 Å². The molecule has 0 bridgehead atoms. The molecule has 3 heterocycles. The highest BCUT2D eigenvalue weighted by Crippen LogP contribution is 2.34. The number of carbonyl (C=O) groups excluding carboxylic acids is 1. The molecule has 8 heteroatoms. The molecular weight excluding hydrogens is 435 g/mol. The third-order valence-electron chi connectivity index (χ3n) is 6.09. The summed E-state index contributed by atoms with van der Waals surface area (Å²) in [6.45, 7) is 2.46. The molecule has 2 aromatic rings. The van der Waals surface area contributed by atoms with Gasteiger partial charge in [-0.05, 0) is 55.7 Å². The van der Waals surface area contributed by atoms with Crippen LogP contribution in [0.2, 0.25) is 10.0 Å². The third-order valence-corrected chi connectivity index (χ3v) is 6.69. The van der Waals surface area contributed by atoms with Crippen LogP contribution in [0.3, 0.4) is 0 Å². The van der Waals surface area contributed by atoms with Crippen LogP contribution >= 0.6 is 23.2 Å². The van der Waals surface area contributed by atoms with Gasteiger partial charge < -0.3 is 15.4 Å². The van der Waals surface area contributed by atoms with E-state index in [1.807, 2.05) is 12.1 Å². The molecule has 2 aromatic heterocycles. The largest absolute Gasteiger partial charge is 0.381 e. The maximum atomic E-state index is 12.4. The molecule has 6 nitrogen and oxygen atoms in total. The smallest absolute Gasteiger partial charge is 0.225 e. The number of amides is 1. The second kappa shape index (κ2) is 10.6. The molecule has 1 aliphatic carbocycles. The molecule has 166 valence electrons. The van der Waals surface area contributed by atoms with E-state index in [-0.39, 0.29) is 5.91 Å². The average Bonchev–Trinajstić information content (AvgIpc) is 3.28. The van der Waals surface area contributed by atoms with Crippen LogP contribution in [0.1, 0.15) is 44.9 Å². The van der Waals surface area contributed by atoms with Gasteiger partial charge in [0, 0.05) is 37.9 Å². The van der Waals surface area contributed by atoms with Gasteiger partial charge in [0.25, 0.3) is 0 Å². The number of nitrogens with one attached hydrogen (secondary N) is 2. The lowest BCUT2D eigenvalue weighted by Crippen LogP contribution is -2.22. The molecule has 0 unspecified atom stereocenters. The Morgan fingerprint density at radius 3 is 2.58 bits per heavy atom. The van der Waals surface area contributed by atoms with Gasteiger partial charge in [-0.2, -0.15) is 0 Å². The number of carbonyl (C=O) groups is 1. The summed E-state index contributed by atoms with van der Waals surface area (Å²) >= 11 is 12.9. The zero-order valence-electron chi connectivity index (χ0n) is 17.5. The number of rotatable bonds is 7. The van der Waals surface area contributed by atoms with Crippen molar-refractivity contribution in [2.24, 2.45) is 11.8 Å². The average molecular weight is 463 g/mol. The van der Waals surface area contributed by atoms with Crippen molar-refractivity contribution < 1.29 is 9.53 Å². The fraction of sp³-hybridized carbons (Fsp3) is 0.522. The Bertz CT molecular complexity index is 912. The summed E-state index contributed by atoms with van der Waals surface area (Å²) in [6, 6.07) is 5.42. The van der Waals surface area contributed by atoms with E-state index in [9.17, 15) is 4.79 Å². The van der Waals surface area contributed by atoms with E-state index in [1.165, 1.54) is 19.0 Å². The van der Waals surface area contributed by atoms with Crippen LogP contribution in [0.5, 0.6) is 0 Å². The Labute approximate surface area is 193 Å². The highest BCUT2D eigenvalue weighted by atomic mass is 35.5. The zero-order valence-corrected chi connectivity index (χ0v) is 19.0. The van der Waals surface area contributed by atoms with Gasteiger partial charge in [-0.1, -0.05) is 36.0 Å². The van der Waals surface area contributed by atoms with Gasteiger partial charge in [-0.15, -0.1) is 0 Å². The topological polar surface area (TPSA) is 76.1 Å². The van der Waals surface area contributed by atoms with Crippen molar-refractivity contribution in [1.29, 1.82) is 0 Å². The Morgan fingerprint density at radius 2 is 1.81 bits per heavy atom. The van der Waals surface area contributed by atoms with E-state index >= 15 is 0 Å². The highest BCUT2D eigenvalue weighted by Gasteiger charge is 2.20. The maximum Gasteiger partial charge on any atom is 0.225 e. The first-order valence-electron chi connectivity index (χ1n) is 11.0. The summed E-state index contributed by atoms with van der Waals surface area (Å²) in [5.74, 6) is 2.23. The lowest BCUT2D eigenvalue weighted by atomic mass is 10.0. The molecule has 0 aromatic carbocycles. The number of anilines is 2. The number of ether oxygens (including phenoxy) is 1. The number of aromatic nitrogens is 2. The second-order valence-electron chi connectivity index (χ2n) is 8.42. The van der Waals surface area contributed by atoms with E-state index < -0.39 is 0 Å². The van der Waals surface area contributed by atoms with Crippen LogP contribution in [-0.2, 0) is 9.53 Å². The summed E-state index contributed by atoms with van der Waals surface area (Å²) in [6.07, 6.45) is 8.84. The molecule has 2 aliphatic rings. The normalized spacial score (nSPS) is 17.6. The monoisotopic (exact) mass is 462 g/mol. The Balaban J connectivity index is 1.47. The number of hydrogen-bond donors (Lipinski definition) is 2. The molecule has 0 spiro atoms. The van der Waals surface area contributed by atoms with Gasteiger partial charge in [0.2, 0.25) is 5.91 Å². The molecule has 31 heavy (non-hydrogen) atoms. The first-order valence-corrected chi connectivity index (χ1v) is 11.8. The summed E-state index contributed by atoms with van der Waals surface area (Å²) in [5, 5.41) is 7.23. The summed E-state index contributed by atoms with van der Waals surface area (Å²) < 4.78 is 5.42. The highest BCUT2D eigenvalue weighted by molar-refractivity contribution is 6.36. The summed E-state index contributed by atoms with van der Waals surface area (Å²) in [4.78, 5) is 21.4. The maximum absolute atomic E-state index is 12.4. The van der Waals surface area contributed by atoms with Crippen LogP contribution in [0.4, 0.5) is 11.6 Å². The van der Waals surface area contributed by atoms with Gasteiger partial charge >= 0.3 is 0 Å². The van der Waals surface area contributed by atoms with Crippen LogP contribution in [-0.4, -0.2) is 35.6 Å². The summed E-state index contributed by atoms with van der Waals surface area (Å²) in [5.41, 5.74) is 1.21. The molecule has 4 rings (SSSR count). The molecule has 2 fully saturated rings. The molecule has 1 saturated heterocycles. The third kappa shape index (κ3) is 6.09. The fourth-order valence-corrected chi connectivity index (χ4v) is 4.69. The minimum absolute atomic E-state index is 0.0152. The van der Waals surface area contributed by atoms with Crippen molar-refractivity contribution in [2.75, 3.05) is 30.4 Å². The van der Waals surface area contributed by atoms with Gasteiger partial charge in [0.15, 0.2) is 0 Å². The van der Waals surface area contributed by atoms with Crippen LogP contribution in [0.25, 0.3) is 11.3 Å². The summed E-state index contributed by atoms with van der Waals surface area (Å²) in [7, 11) is 0. The van der Waals surface area contributed by atoms with Crippen molar-refractivity contribution in [1.82, 2.24) is 9.97 Å². The number of halogens is 2. The van der Waals surface area contributed by atoms with Gasteiger partial charge in [-0.25, -0.2) is 9.97 Å². The van der Waals surface area contributed by atoms with Crippen molar-refractivity contribution in [2.45, 2.75) is 44.9 Å². The Morgan fingerprint density at radius 1 is 1.03 bits per heavy atom. The fourth-order valence-electron chi connectivity index (χ4n) is 4.29. The molecule has 1 saturated carbocycles. The molecular formula is C23H28Cl2N4O2. The number of nitrogens with zero attached hydrogens (tertiary/aromatic N) is 2. The van der Waals surface area contributed by atoms with Crippen molar-refractivity contribution in [3.63, 3.8) is 0 Å². The lowest BCUT2D eigenvalue weighted by Gasteiger charge is -2.22. The van der Waals surface area contributed by atoms with Crippen LogP contribution in [0, 0.1) is 11.8 Å². The van der Waals surface area contributed by atoms with E-state index in [0.29, 0.717) is 45.4 Å². The predicted octanol–water partition coefficient (Wildman–Crippen LogP) is 5.81. The SMILES string of the molecule is O=C(CC1CCCC1)Nc1cc(-c2nc(NCC3CCOCC3)ccc2Cl)c(Cl)cn1. The van der Waals surface area contributed by atoms with Crippen LogP contribution < -0.4 is 10.6 Å². The number of pyridine rings is 2. The minimum atomic E-state index is -0.0152. The Kier molecular flexibility index (Phi) is 7.64. The van der Waals surface area contributed by atoms with Crippen LogP contribution in [0.15, 0.2) is 24.4 Å². The first-order chi connectivity index (χ1) is 15.1. The van der Waals surface area contributed by atoms with Gasteiger partial charge in [0.1, 0.15) is 11.6 Å². The molecule has 1 amide bonds. The zero-order chi connectivity index (χ0) is 21.6. The number of hydrogen-bond acceptors (Lipinski definition) is 5. The standard InChI is InChI=1S/C23H28Cl2N4O2/c24-18-5-6-20(26-13-16-7-9-31-10-8-16)29-23(18)17-12-21(27-14-19(17)25)28-22(30)11-15-3-1-2-4-15/h5-6,12,14-16H,1-4,7-11,13H2,(H,26,29)(H,27,28,30). The predicted molar refractivity (Wildman–Crippen MR) is 125 cm³/mol. The van der Waals surface area contributed by atoms with Crippen molar-refractivity contribution in [3.8, 4) is 11.3 Å². The quantitative estimate of drug-likeness (QED) is 0.542. The molecule has 0 radical (unpaired) electrons. The van der Waals surface area contributed by atoms with E-state index in [2.05, 4.69) is 15.6 Å². The first kappa shape index (κ1) is 22.3. The van der Waals surface area contributed by atoms with E-state index in [0.717, 1.165) is 51.3 Å². The van der Waals surface area contributed by atoms with Crippen molar-refractivity contribution in [3.05, 3.63) is 34.4 Å². The molecule has 1 aliphatic heterocycles. The van der Waals surface area contributed by atoms with Crippen molar-refractivity contribution >= 4 is 40.7 Å². The second-order valence-corrected chi connectivity index (χ2v) is 9.23.